The molecule has 0 aliphatic rings. The van der Waals surface area contributed by atoms with Crippen LogP contribution in [-0.2, 0) is 6.54 Å². The lowest BCUT2D eigenvalue weighted by Crippen LogP contribution is -2.25. The maximum Gasteiger partial charge on any atom is 0.264 e. The third-order valence-electron chi connectivity index (χ3n) is 2.50. The van der Waals surface area contributed by atoms with Crippen LogP contribution >= 0.6 is 38.9 Å². The summed E-state index contributed by atoms with van der Waals surface area (Å²) in [5.74, 6) is -0.0114. The third-order valence-corrected chi connectivity index (χ3v) is 4.49. The van der Waals surface area contributed by atoms with Crippen molar-refractivity contribution in [1.82, 2.24) is 4.90 Å². The Kier molecular flexibility index (Phi) is 4.43. The summed E-state index contributed by atoms with van der Waals surface area (Å²) in [6.07, 6.45) is 0. The van der Waals surface area contributed by atoms with E-state index in [4.69, 9.17) is 11.6 Å². The van der Waals surface area contributed by atoms with E-state index in [1.807, 2.05) is 24.3 Å². The van der Waals surface area contributed by atoms with Crippen LogP contribution in [-0.4, -0.2) is 17.9 Å². The molecule has 0 radical (unpaired) electrons. The molecule has 0 atom stereocenters. The summed E-state index contributed by atoms with van der Waals surface area (Å²) in [5, 5.41) is 0. The molecular formula is C13H11BrClNOS. The average Bonchev–Trinajstić information content (AvgIpc) is 2.78. The number of halogens is 2. The molecule has 0 aliphatic carbocycles. The van der Waals surface area contributed by atoms with Crippen LogP contribution in [0.25, 0.3) is 0 Å². The van der Waals surface area contributed by atoms with Gasteiger partial charge >= 0.3 is 0 Å². The van der Waals surface area contributed by atoms with Gasteiger partial charge in [0.2, 0.25) is 0 Å². The van der Waals surface area contributed by atoms with E-state index in [0.717, 1.165) is 10.0 Å². The Hall–Kier alpha value is -0.840. The summed E-state index contributed by atoms with van der Waals surface area (Å²) in [7, 11) is 1.79. The van der Waals surface area contributed by atoms with Crippen LogP contribution < -0.4 is 0 Å². The molecule has 0 aliphatic heterocycles. The minimum atomic E-state index is -0.0114. The van der Waals surface area contributed by atoms with E-state index in [9.17, 15) is 4.79 Å². The van der Waals surface area contributed by atoms with E-state index >= 15 is 0 Å². The molecule has 0 saturated heterocycles. The third kappa shape index (κ3) is 3.13. The van der Waals surface area contributed by atoms with Crippen molar-refractivity contribution in [3.63, 3.8) is 0 Å². The Labute approximate surface area is 123 Å². The molecule has 2 rings (SSSR count). The van der Waals surface area contributed by atoms with Gasteiger partial charge in [-0.05, 0) is 23.8 Å². The molecule has 0 saturated carbocycles. The fourth-order valence-electron chi connectivity index (χ4n) is 1.57. The van der Waals surface area contributed by atoms with Gasteiger partial charge in [0.25, 0.3) is 5.91 Å². The quantitative estimate of drug-likeness (QED) is 0.806. The first-order chi connectivity index (χ1) is 8.58. The molecule has 1 heterocycles. The highest BCUT2D eigenvalue weighted by molar-refractivity contribution is 9.10. The van der Waals surface area contributed by atoms with E-state index in [0.29, 0.717) is 15.8 Å². The van der Waals surface area contributed by atoms with Gasteiger partial charge in [-0.1, -0.05) is 45.7 Å². The highest BCUT2D eigenvalue weighted by Crippen LogP contribution is 2.24. The van der Waals surface area contributed by atoms with E-state index in [-0.39, 0.29) is 5.91 Å². The van der Waals surface area contributed by atoms with Gasteiger partial charge < -0.3 is 4.90 Å². The second-order valence-electron chi connectivity index (χ2n) is 3.86. The zero-order valence-electron chi connectivity index (χ0n) is 9.69. The predicted molar refractivity (Wildman–Crippen MR) is 79.3 cm³/mol. The molecule has 0 N–H and O–H groups in total. The summed E-state index contributed by atoms with van der Waals surface area (Å²) in [5.41, 5.74) is 1.08. The van der Waals surface area contributed by atoms with Crippen molar-refractivity contribution < 1.29 is 4.79 Å². The molecule has 0 bridgehead atoms. The normalized spacial score (nSPS) is 10.4. The maximum absolute atomic E-state index is 12.1. The number of carbonyl (C=O) groups excluding carboxylic acids is 1. The standard InChI is InChI=1S/C13H11BrClNOS/c1-16(8-9-4-2-3-5-10(9)14)13(17)11-6-7-12(15)18-11/h2-7H,8H2,1H3. The first kappa shape index (κ1) is 13.6. The van der Waals surface area contributed by atoms with Crippen molar-refractivity contribution in [3.8, 4) is 0 Å². The van der Waals surface area contributed by atoms with Gasteiger partial charge in [-0.3, -0.25) is 4.79 Å². The Morgan fingerprint density at radius 3 is 2.67 bits per heavy atom. The summed E-state index contributed by atoms with van der Waals surface area (Å²) < 4.78 is 1.64. The Bertz CT molecular complexity index is 570. The maximum atomic E-state index is 12.1. The molecule has 0 spiro atoms. The number of carbonyl (C=O) groups is 1. The molecule has 0 unspecified atom stereocenters. The van der Waals surface area contributed by atoms with Crippen LogP contribution in [0.4, 0.5) is 0 Å². The van der Waals surface area contributed by atoms with Gasteiger partial charge in [-0.25, -0.2) is 0 Å². The molecule has 1 amide bonds. The van der Waals surface area contributed by atoms with Crippen LogP contribution in [0.1, 0.15) is 15.2 Å². The van der Waals surface area contributed by atoms with Crippen molar-refractivity contribution in [1.29, 1.82) is 0 Å². The van der Waals surface area contributed by atoms with E-state index in [1.54, 1.807) is 24.1 Å². The number of hydrogen-bond donors (Lipinski definition) is 0. The monoisotopic (exact) mass is 343 g/mol. The molecule has 1 aromatic carbocycles. The number of amides is 1. The first-order valence-corrected chi connectivity index (χ1v) is 7.31. The van der Waals surface area contributed by atoms with Crippen molar-refractivity contribution in [2.24, 2.45) is 0 Å². The van der Waals surface area contributed by atoms with Crippen molar-refractivity contribution in [2.75, 3.05) is 7.05 Å². The summed E-state index contributed by atoms with van der Waals surface area (Å²) in [4.78, 5) is 14.5. The molecule has 18 heavy (non-hydrogen) atoms. The van der Waals surface area contributed by atoms with Gasteiger partial charge in [-0.15, -0.1) is 11.3 Å². The second kappa shape index (κ2) is 5.87. The van der Waals surface area contributed by atoms with Crippen molar-refractivity contribution in [3.05, 3.63) is 55.6 Å². The number of thiophene rings is 1. The van der Waals surface area contributed by atoms with Crippen molar-refractivity contribution >= 4 is 44.8 Å². The molecule has 2 aromatic rings. The smallest absolute Gasteiger partial charge is 0.264 e. The van der Waals surface area contributed by atoms with Crippen LogP contribution in [0.3, 0.4) is 0 Å². The largest absolute Gasteiger partial charge is 0.337 e. The van der Waals surface area contributed by atoms with Gasteiger partial charge in [0, 0.05) is 18.1 Å². The summed E-state index contributed by atoms with van der Waals surface area (Å²) >= 11 is 10.6. The van der Waals surface area contributed by atoms with Gasteiger partial charge in [0.15, 0.2) is 0 Å². The lowest BCUT2D eigenvalue weighted by molar-refractivity contribution is 0.0789. The van der Waals surface area contributed by atoms with E-state index in [1.165, 1.54) is 11.3 Å². The molecule has 94 valence electrons. The fraction of sp³-hybridized carbons (Fsp3) is 0.154. The Morgan fingerprint density at radius 1 is 1.33 bits per heavy atom. The Morgan fingerprint density at radius 2 is 2.06 bits per heavy atom. The summed E-state index contributed by atoms with van der Waals surface area (Å²) in [6.45, 7) is 0.565. The number of hydrogen-bond acceptors (Lipinski definition) is 2. The van der Waals surface area contributed by atoms with Gasteiger partial charge in [0.1, 0.15) is 0 Å². The second-order valence-corrected chi connectivity index (χ2v) is 6.43. The molecule has 2 nitrogen and oxygen atoms in total. The lowest BCUT2D eigenvalue weighted by atomic mass is 10.2. The molecule has 1 aromatic heterocycles. The van der Waals surface area contributed by atoms with E-state index < -0.39 is 0 Å². The molecule has 0 fully saturated rings. The molecule has 5 heteroatoms. The van der Waals surface area contributed by atoms with Gasteiger partial charge in [-0.2, -0.15) is 0 Å². The zero-order valence-corrected chi connectivity index (χ0v) is 12.8. The minimum absolute atomic E-state index is 0.0114. The summed E-state index contributed by atoms with van der Waals surface area (Å²) in [6, 6.07) is 11.4. The number of benzene rings is 1. The first-order valence-electron chi connectivity index (χ1n) is 5.32. The lowest BCUT2D eigenvalue weighted by Gasteiger charge is -2.17. The van der Waals surface area contributed by atoms with Crippen LogP contribution in [0.15, 0.2) is 40.9 Å². The SMILES string of the molecule is CN(Cc1ccccc1Br)C(=O)c1ccc(Cl)s1. The topological polar surface area (TPSA) is 20.3 Å². The number of rotatable bonds is 3. The minimum Gasteiger partial charge on any atom is -0.337 e. The highest BCUT2D eigenvalue weighted by atomic mass is 79.9. The zero-order chi connectivity index (χ0) is 13.1. The van der Waals surface area contributed by atoms with Gasteiger partial charge in [0.05, 0.1) is 9.21 Å². The van der Waals surface area contributed by atoms with Crippen LogP contribution in [0.5, 0.6) is 0 Å². The van der Waals surface area contributed by atoms with Crippen LogP contribution in [0.2, 0.25) is 4.34 Å². The average molecular weight is 345 g/mol. The highest BCUT2D eigenvalue weighted by Gasteiger charge is 2.14. The Balaban J connectivity index is 2.11. The predicted octanol–water partition coefficient (Wildman–Crippen LogP) is 4.44. The van der Waals surface area contributed by atoms with Crippen LogP contribution in [0, 0.1) is 0 Å². The fourth-order valence-corrected chi connectivity index (χ4v) is 3.02. The van der Waals surface area contributed by atoms with E-state index in [2.05, 4.69) is 15.9 Å². The number of nitrogens with zero attached hydrogens (tertiary/aromatic N) is 1. The van der Waals surface area contributed by atoms with Crippen molar-refractivity contribution in [2.45, 2.75) is 6.54 Å². The molecular weight excluding hydrogens is 334 g/mol.